The number of rotatable bonds is 1. The molecule has 3 heteroatoms. The number of aliphatic hydroxyl groups is 3. The lowest BCUT2D eigenvalue weighted by atomic mass is 10.2. The summed E-state index contributed by atoms with van der Waals surface area (Å²) in [4.78, 5) is 0. The van der Waals surface area contributed by atoms with E-state index >= 15 is 0 Å². The molecule has 0 amide bonds. The molecule has 0 aliphatic rings. The predicted octanol–water partition coefficient (Wildman–Crippen LogP) is 0.0942. The second-order valence-electron chi connectivity index (χ2n) is 1.77. The van der Waals surface area contributed by atoms with E-state index in [0.717, 1.165) is 6.92 Å². The van der Waals surface area contributed by atoms with Gasteiger partial charge in [-0.25, -0.2) is 0 Å². The summed E-state index contributed by atoms with van der Waals surface area (Å²) in [6.07, 6.45) is -1.09. The van der Waals surface area contributed by atoms with E-state index in [0.29, 0.717) is 0 Å². The van der Waals surface area contributed by atoms with Crippen molar-refractivity contribution in [2.75, 3.05) is 0 Å². The molecule has 3 N–H and O–H groups in total. The van der Waals surface area contributed by atoms with Crippen LogP contribution in [0.3, 0.4) is 0 Å². The Bertz CT molecular complexity index is 53.8. The van der Waals surface area contributed by atoms with Gasteiger partial charge < -0.3 is 15.3 Å². The number of hydrogen-bond acceptors (Lipinski definition) is 3. The maximum Gasteiger partial charge on any atom is 0.186 e. The SMILES string of the molecule is CC.CC(O)C(C)(O)O. The van der Waals surface area contributed by atoms with Crippen molar-refractivity contribution < 1.29 is 15.3 Å². The van der Waals surface area contributed by atoms with Crippen LogP contribution in [0.5, 0.6) is 0 Å². The molecule has 58 valence electrons. The predicted molar refractivity (Wildman–Crippen MR) is 35.9 cm³/mol. The standard InChI is InChI=1S/C4H10O3.C2H6/c1-3(5)4(2,6)7;1-2/h3,5-7H,1-2H3;1-2H3. The van der Waals surface area contributed by atoms with Crippen molar-refractivity contribution in [3.8, 4) is 0 Å². The molecule has 0 heterocycles. The molecule has 0 aliphatic heterocycles. The summed E-state index contributed by atoms with van der Waals surface area (Å²) in [7, 11) is 0. The summed E-state index contributed by atoms with van der Waals surface area (Å²) in [6.45, 7) is 6.43. The van der Waals surface area contributed by atoms with Crippen LogP contribution >= 0.6 is 0 Å². The van der Waals surface area contributed by atoms with Crippen molar-refractivity contribution in [3.63, 3.8) is 0 Å². The van der Waals surface area contributed by atoms with Gasteiger partial charge in [0.1, 0.15) is 6.10 Å². The van der Waals surface area contributed by atoms with Crippen molar-refractivity contribution >= 4 is 0 Å². The zero-order valence-corrected chi connectivity index (χ0v) is 6.42. The molecule has 0 radical (unpaired) electrons. The first-order valence-electron chi connectivity index (χ1n) is 3.07. The van der Waals surface area contributed by atoms with Gasteiger partial charge in [-0.2, -0.15) is 0 Å². The Kier molecular flexibility index (Phi) is 6.12. The summed E-state index contributed by atoms with van der Waals surface area (Å²) in [5.74, 6) is -1.94. The van der Waals surface area contributed by atoms with Gasteiger partial charge in [0, 0.05) is 0 Å². The van der Waals surface area contributed by atoms with E-state index < -0.39 is 11.9 Å². The summed E-state index contributed by atoms with van der Waals surface area (Å²) >= 11 is 0. The molecule has 0 aromatic rings. The van der Waals surface area contributed by atoms with Crippen LogP contribution in [0.2, 0.25) is 0 Å². The van der Waals surface area contributed by atoms with Gasteiger partial charge in [0.25, 0.3) is 0 Å². The number of hydrogen-bond donors (Lipinski definition) is 3. The minimum absolute atomic E-state index is 1.09. The first-order valence-corrected chi connectivity index (χ1v) is 3.07. The third-order valence-corrected chi connectivity index (χ3v) is 0.791. The Morgan fingerprint density at radius 3 is 1.33 bits per heavy atom. The fraction of sp³-hybridized carbons (Fsp3) is 1.00. The monoisotopic (exact) mass is 136 g/mol. The lowest BCUT2D eigenvalue weighted by molar-refractivity contribution is -0.205. The van der Waals surface area contributed by atoms with Crippen LogP contribution in [0.4, 0.5) is 0 Å². The van der Waals surface area contributed by atoms with E-state index in [1.807, 2.05) is 13.8 Å². The first kappa shape index (κ1) is 11.6. The van der Waals surface area contributed by atoms with Crippen molar-refractivity contribution in [2.45, 2.75) is 39.6 Å². The van der Waals surface area contributed by atoms with E-state index in [4.69, 9.17) is 15.3 Å². The van der Waals surface area contributed by atoms with Crippen molar-refractivity contribution in [2.24, 2.45) is 0 Å². The highest BCUT2D eigenvalue weighted by Gasteiger charge is 2.21. The van der Waals surface area contributed by atoms with Gasteiger partial charge in [-0.1, -0.05) is 13.8 Å². The van der Waals surface area contributed by atoms with Gasteiger partial charge in [-0.15, -0.1) is 0 Å². The third kappa shape index (κ3) is 7.88. The normalized spacial score (nSPS) is 13.7. The molecule has 0 saturated carbocycles. The zero-order chi connectivity index (χ0) is 8.08. The van der Waals surface area contributed by atoms with Gasteiger partial charge in [0.2, 0.25) is 0 Å². The molecule has 0 bridgehead atoms. The van der Waals surface area contributed by atoms with Crippen LogP contribution in [0.15, 0.2) is 0 Å². The fourth-order valence-electron chi connectivity index (χ4n) is 0. The van der Waals surface area contributed by atoms with Crippen molar-refractivity contribution in [1.82, 2.24) is 0 Å². The summed E-state index contributed by atoms with van der Waals surface area (Å²) in [5, 5.41) is 25.2. The Balaban J connectivity index is 0. The van der Waals surface area contributed by atoms with Crippen LogP contribution in [0, 0.1) is 0 Å². The highest BCUT2D eigenvalue weighted by Crippen LogP contribution is 2.01. The van der Waals surface area contributed by atoms with Crippen LogP contribution in [-0.2, 0) is 0 Å². The van der Waals surface area contributed by atoms with Crippen LogP contribution in [-0.4, -0.2) is 27.2 Å². The van der Waals surface area contributed by atoms with E-state index in [-0.39, 0.29) is 0 Å². The molecular weight excluding hydrogens is 120 g/mol. The summed E-state index contributed by atoms with van der Waals surface area (Å²) in [5.41, 5.74) is 0. The summed E-state index contributed by atoms with van der Waals surface area (Å²) < 4.78 is 0. The Hall–Kier alpha value is -0.120. The minimum Gasteiger partial charge on any atom is -0.388 e. The quantitative estimate of drug-likeness (QED) is 0.448. The van der Waals surface area contributed by atoms with Crippen molar-refractivity contribution in [3.05, 3.63) is 0 Å². The fourth-order valence-corrected chi connectivity index (χ4v) is 0. The molecular formula is C6H16O3. The maximum atomic E-state index is 8.40. The highest BCUT2D eigenvalue weighted by molar-refractivity contribution is 4.61. The third-order valence-electron chi connectivity index (χ3n) is 0.791. The molecule has 0 aromatic heterocycles. The zero-order valence-electron chi connectivity index (χ0n) is 6.42. The lowest BCUT2D eigenvalue weighted by Gasteiger charge is -2.17. The molecule has 0 fully saturated rings. The van der Waals surface area contributed by atoms with E-state index in [1.165, 1.54) is 6.92 Å². The topological polar surface area (TPSA) is 60.7 Å². The van der Waals surface area contributed by atoms with Crippen LogP contribution in [0.1, 0.15) is 27.7 Å². The van der Waals surface area contributed by atoms with Crippen molar-refractivity contribution in [1.29, 1.82) is 0 Å². The van der Waals surface area contributed by atoms with E-state index in [9.17, 15) is 0 Å². The Morgan fingerprint density at radius 2 is 1.33 bits per heavy atom. The smallest absolute Gasteiger partial charge is 0.186 e. The second kappa shape index (κ2) is 4.73. The molecule has 1 atom stereocenters. The Morgan fingerprint density at radius 1 is 1.22 bits per heavy atom. The maximum absolute atomic E-state index is 8.40. The van der Waals surface area contributed by atoms with E-state index in [1.54, 1.807) is 0 Å². The van der Waals surface area contributed by atoms with E-state index in [2.05, 4.69) is 0 Å². The minimum atomic E-state index is -1.94. The molecule has 0 aliphatic carbocycles. The van der Waals surface area contributed by atoms with Crippen LogP contribution in [0.25, 0.3) is 0 Å². The van der Waals surface area contributed by atoms with Gasteiger partial charge >= 0.3 is 0 Å². The molecule has 0 aromatic carbocycles. The second-order valence-corrected chi connectivity index (χ2v) is 1.77. The average molecular weight is 136 g/mol. The largest absolute Gasteiger partial charge is 0.388 e. The van der Waals surface area contributed by atoms with Gasteiger partial charge in [0.05, 0.1) is 0 Å². The Labute approximate surface area is 56.0 Å². The molecule has 9 heavy (non-hydrogen) atoms. The highest BCUT2D eigenvalue weighted by atomic mass is 16.5. The van der Waals surface area contributed by atoms with Gasteiger partial charge in [0.15, 0.2) is 5.79 Å². The first-order chi connectivity index (χ1) is 3.94. The van der Waals surface area contributed by atoms with Crippen LogP contribution < -0.4 is 0 Å². The molecule has 0 rings (SSSR count). The molecule has 0 spiro atoms. The lowest BCUT2D eigenvalue weighted by Crippen LogP contribution is -2.36. The molecule has 1 unspecified atom stereocenters. The molecule has 0 saturated heterocycles. The molecule has 3 nitrogen and oxygen atoms in total. The number of aliphatic hydroxyl groups excluding tert-OH is 1. The van der Waals surface area contributed by atoms with Gasteiger partial charge in [-0.05, 0) is 13.8 Å². The average Bonchev–Trinajstić information content (AvgIpc) is 1.69. The summed E-state index contributed by atoms with van der Waals surface area (Å²) in [6, 6.07) is 0. The van der Waals surface area contributed by atoms with Gasteiger partial charge in [-0.3, -0.25) is 0 Å².